The number of aromatic nitrogens is 2. The lowest BCUT2D eigenvalue weighted by molar-refractivity contribution is -0.384. The van der Waals surface area contributed by atoms with Crippen molar-refractivity contribution in [2.45, 2.75) is 18.9 Å². The van der Waals surface area contributed by atoms with Crippen LogP contribution in [-0.2, 0) is 4.79 Å². The van der Waals surface area contributed by atoms with Crippen LogP contribution in [0, 0.1) is 10.1 Å². The minimum atomic E-state index is -0.469. The number of nitrogens with zero attached hydrogens (tertiary/aromatic N) is 5. The average molecular weight is 398 g/mol. The summed E-state index contributed by atoms with van der Waals surface area (Å²) in [6, 6.07) is 8.05. The molecule has 10 nitrogen and oxygen atoms in total. The SMILES string of the molecule is O=C(CN1CCN(C(=O)c2ccn(-c3cccc([N+](=O)[O-])c3)n2)CC1)NC1CC1. The molecule has 29 heavy (non-hydrogen) atoms. The molecule has 1 aliphatic heterocycles. The van der Waals surface area contributed by atoms with Crippen molar-refractivity contribution in [1.29, 1.82) is 0 Å². The van der Waals surface area contributed by atoms with Crippen LogP contribution in [-0.4, -0.2) is 75.1 Å². The maximum Gasteiger partial charge on any atom is 0.274 e. The van der Waals surface area contributed by atoms with Crippen LogP contribution in [0.2, 0.25) is 0 Å². The first-order valence-corrected chi connectivity index (χ1v) is 9.61. The predicted molar refractivity (Wildman–Crippen MR) is 104 cm³/mol. The molecule has 2 fully saturated rings. The van der Waals surface area contributed by atoms with E-state index in [2.05, 4.69) is 10.4 Å². The fraction of sp³-hybridized carbons (Fsp3) is 0.421. The first-order chi connectivity index (χ1) is 14.0. The number of nitrogens with one attached hydrogen (secondary N) is 1. The van der Waals surface area contributed by atoms with E-state index in [4.69, 9.17) is 0 Å². The number of benzene rings is 1. The topological polar surface area (TPSA) is 114 Å². The Balaban J connectivity index is 1.34. The van der Waals surface area contributed by atoms with Gasteiger partial charge in [0, 0.05) is 50.6 Å². The lowest BCUT2D eigenvalue weighted by Gasteiger charge is -2.33. The minimum absolute atomic E-state index is 0.0345. The van der Waals surface area contributed by atoms with E-state index in [0.29, 0.717) is 44.5 Å². The highest BCUT2D eigenvalue weighted by Crippen LogP contribution is 2.19. The van der Waals surface area contributed by atoms with Crippen LogP contribution in [0.25, 0.3) is 5.69 Å². The van der Waals surface area contributed by atoms with Gasteiger partial charge in [-0.15, -0.1) is 0 Å². The van der Waals surface area contributed by atoms with Crippen molar-refractivity contribution in [2.24, 2.45) is 0 Å². The Morgan fingerprint density at radius 1 is 1.17 bits per heavy atom. The summed E-state index contributed by atoms with van der Waals surface area (Å²) in [5, 5.41) is 18.2. The third-order valence-corrected chi connectivity index (χ3v) is 5.08. The normalized spacial score (nSPS) is 17.2. The Labute approximate surface area is 167 Å². The van der Waals surface area contributed by atoms with Crippen LogP contribution < -0.4 is 5.32 Å². The number of non-ortho nitro benzene ring substituents is 1. The zero-order valence-corrected chi connectivity index (χ0v) is 15.9. The summed E-state index contributed by atoms with van der Waals surface area (Å²) in [4.78, 5) is 38.9. The van der Waals surface area contributed by atoms with Gasteiger partial charge in [-0.3, -0.25) is 24.6 Å². The van der Waals surface area contributed by atoms with E-state index in [-0.39, 0.29) is 23.2 Å². The molecule has 10 heteroatoms. The number of hydrogen-bond acceptors (Lipinski definition) is 6. The number of rotatable bonds is 6. The Bertz CT molecular complexity index is 930. The van der Waals surface area contributed by atoms with Crippen molar-refractivity contribution < 1.29 is 14.5 Å². The summed E-state index contributed by atoms with van der Waals surface area (Å²) in [7, 11) is 0. The second-order valence-corrected chi connectivity index (χ2v) is 7.33. The quantitative estimate of drug-likeness (QED) is 0.569. The second-order valence-electron chi connectivity index (χ2n) is 7.33. The van der Waals surface area contributed by atoms with Crippen molar-refractivity contribution in [1.82, 2.24) is 24.9 Å². The molecule has 4 rings (SSSR count). The van der Waals surface area contributed by atoms with Gasteiger partial charge in [-0.1, -0.05) is 6.07 Å². The molecule has 0 spiro atoms. The van der Waals surface area contributed by atoms with Gasteiger partial charge in [-0.2, -0.15) is 5.10 Å². The molecular weight excluding hydrogens is 376 g/mol. The lowest BCUT2D eigenvalue weighted by Crippen LogP contribution is -2.51. The van der Waals surface area contributed by atoms with Crippen molar-refractivity contribution >= 4 is 17.5 Å². The molecule has 0 bridgehead atoms. The van der Waals surface area contributed by atoms with Gasteiger partial charge in [0.1, 0.15) is 0 Å². The fourth-order valence-corrected chi connectivity index (χ4v) is 3.31. The number of nitro groups is 1. The van der Waals surface area contributed by atoms with Gasteiger partial charge < -0.3 is 10.2 Å². The van der Waals surface area contributed by atoms with Crippen LogP contribution in [0.1, 0.15) is 23.3 Å². The molecule has 2 amide bonds. The molecular formula is C19H22N6O4. The Morgan fingerprint density at radius 3 is 2.62 bits per heavy atom. The number of carbonyl (C=O) groups is 2. The predicted octanol–water partition coefficient (Wildman–Crippen LogP) is 0.817. The van der Waals surface area contributed by atoms with Crippen LogP contribution in [0.4, 0.5) is 5.69 Å². The number of hydrogen-bond donors (Lipinski definition) is 1. The largest absolute Gasteiger partial charge is 0.352 e. The van der Waals surface area contributed by atoms with Crippen molar-refractivity contribution in [3.8, 4) is 5.69 Å². The minimum Gasteiger partial charge on any atom is -0.352 e. The lowest BCUT2D eigenvalue weighted by atomic mass is 10.2. The summed E-state index contributed by atoms with van der Waals surface area (Å²) in [5.41, 5.74) is 0.772. The fourth-order valence-electron chi connectivity index (χ4n) is 3.31. The Kier molecular flexibility index (Phi) is 5.26. The van der Waals surface area contributed by atoms with Gasteiger partial charge in [0.15, 0.2) is 5.69 Å². The van der Waals surface area contributed by atoms with Gasteiger partial charge in [0.05, 0.1) is 17.2 Å². The van der Waals surface area contributed by atoms with Crippen LogP contribution in [0.5, 0.6) is 0 Å². The molecule has 152 valence electrons. The van der Waals surface area contributed by atoms with E-state index in [1.165, 1.54) is 16.8 Å². The van der Waals surface area contributed by atoms with Crippen molar-refractivity contribution in [2.75, 3.05) is 32.7 Å². The van der Waals surface area contributed by atoms with E-state index in [1.54, 1.807) is 29.3 Å². The molecule has 2 aromatic rings. The molecule has 2 heterocycles. The highest BCUT2D eigenvalue weighted by molar-refractivity contribution is 5.92. The maximum atomic E-state index is 12.7. The highest BCUT2D eigenvalue weighted by Gasteiger charge is 2.27. The second kappa shape index (κ2) is 8.00. The standard InChI is InChI=1S/C19H22N6O4/c26-18(20-14-4-5-14)13-22-8-10-23(11-9-22)19(27)17-6-7-24(21-17)15-2-1-3-16(12-15)25(28)29/h1-3,6-7,12,14H,4-5,8-11,13H2,(H,20,26). The van der Waals surface area contributed by atoms with E-state index in [1.807, 2.05) is 4.90 Å². The Hall–Kier alpha value is -3.27. The summed E-state index contributed by atoms with van der Waals surface area (Å²) < 4.78 is 1.46. The first-order valence-electron chi connectivity index (χ1n) is 9.61. The number of nitro benzene ring substituents is 1. The van der Waals surface area contributed by atoms with Crippen molar-refractivity contribution in [3.05, 3.63) is 52.3 Å². The molecule has 0 unspecified atom stereocenters. The van der Waals surface area contributed by atoms with Gasteiger partial charge in [-0.25, -0.2) is 4.68 Å². The van der Waals surface area contributed by atoms with Gasteiger partial charge in [0.2, 0.25) is 5.91 Å². The average Bonchev–Trinajstić information content (AvgIpc) is 3.39. The Morgan fingerprint density at radius 2 is 1.93 bits per heavy atom. The third-order valence-electron chi connectivity index (χ3n) is 5.08. The van der Waals surface area contributed by atoms with E-state index < -0.39 is 4.92 Å². The van der Waals surface area contributed by atoms with E-state index in [0.717, 1.165) is 12.8 Å². The molecule has 1 N–H and O–H groups in total. The number of carbonyl (C=O) groups excluding carboxylic acids is 2. The molecule has 1 aromatic carbocycles. The van der Waals surface area contributed by atoms with Gasteiger partial charge in [-0.05, 0) is 25.0 Å². The molecule has 1 saturated carbocycles. The molecule has 0 atom stereocenters. The number of amides is 2. The van der Waals surface area contributed by atoms with Crippen molar-refractivity contribution in [3.63, 3.8) is 0 Å². The molecule has 2 aliphatic rings. The summed E-state index contributed by atoms with van der Waals surface area (Å²) in [5.74, 6) is -0.140. The van der Waals surface area contributed by atoms with Crippen LogP contribution >= 0.6 is 0 Å². The summed E-state index contributed by atoms with van der Waals surface area (Å²) in [6.45, 7) is 2.68. The summed E-state index contributed by atoms with van der Waals surface area (Å²) >= 11 is 0. The smallest absolute Gasteiger partial charge is 0.274 e. The molecule has 1 aliphatic carbocycles. The zero-order chi connectivity index (χ0) is 20.4. The number of piperazine rings is 1. The van der Waals surface area contributed by atoms with Gasteiger partial charge in [0.25, 0.3) is 11.6 Å². The highest BCUT2D eigenvalue weighted by atomic mass is 16.6. The van der Waals surface area contributed by atoms with Crippen LogP contribution in [0.3, 0.4) is 0 Å². The first kappa shape index (κ1) is 19.1. The van der Waals surface area contributed by atoms with Gasteiger partial charge >= 0.3 is 0 Å². The summed E-state index contributed by atoms with van der Waals surface area (Å²) in [6.07, 6.45) is 3.75. The molecule has 1 aromatic heterocycles. The maximum absolute atomic E-state index is 12.7. The monoisotopic (exact) mass is 398 g/mol. The molecule has 0 radical (unpaired) electrons. The van der Waals surface area contributed by atoms with E-state index >= 15 is 0 Å². The van der Waals surface area contributed by atoms with Crippen LogP contribution in [0.15, 0.2) is 36.5 Å². The molecule has 1 saturated heterocycles. The van der Waals surface area contributed by atoms with E-state index in [9.17, 15) is 19.7 Å². The third kappa shape index (κ3) is 4.60. The zero-order valence-electron chi connectivity index (χ0n) is 15.9.